The third kappa shape index (κ3) is 4.45. The number of carbonyl (C=O) groups is 1. The summed E-state index contributed by atoms with van der Waals surface area (Å²) < 4.78 is 43.9. The zero-order valence-electron chi connectivity index (χ0n) is 12.4. The first-order chi connectivity index (χ1) is 10.9. The van der Waals surface area contributed by atoms with Crippen molar-refractivity contribution >= 4 is 11.6 Å². The van der Waals surface area contributed by atoms with Crippen LogP contribution in [0.25, 0.3) is 0 Å². The molecule has 122 valence electrons. The highest BCUT2D eigenvalue weighted by Crippen LogP contribution is 2.35. The molecule has 0 unspecified atom stereocenters. The van der Waals surface area contributed by atoms with E-state index in [9.17, 15) is 18.0 Å². The number of alkyl halides is 3. The topological polar surface area (TPSA) is 51.2 Å². The van der Waals surface area contributed by atoms with E-state index in [0.29, 0.717) is 13.0 Å². The minimum Gasteiger partial charge on any atom is -0.491 e. The summed E-state index contributed by atoms with van der Waals surface area (Å²) in [7, 11) is 0. The zero-order chi connectivity index (χ0) is 16.9. The first-order valence-electron chi connectivity index (χ1n) is 6.97. The fourth-order valence-corrected chi connectivity index (χ4v) is 1.83. The van der Waals surface area contributed by atoms with Crippen LogP contribution >= 0.6 is 0 Å². The van der Waals surface area contributed by atoms with Gasteiger partial charge in [0.1, 0.15) is 5.75 Å². The van der Waals surface area contributed by atoms with Gasteiger partial charge in [-0.3, -0.25) is 9.78 Å². The summed E-state index contributed by atoms with van der Waals surface area (Å²) in [5.74, 6) is -0.365. The van der Waals surface area contributed by atoms with Crippen LogP contribution in [-0.4, -0.2) is 17.5 Å². The van der Waals surface area contributed by atoms with Crippen molar-refractivity contribution in [3.05, 3.63) is 53.9 Å². The van der Waals surface area contributed by atoms with E-state index >= 15 is 0 Å². The number of halogens is 3. The second-order valence-corrected chi connectivity index (χ2v) is 4.75. The predicted octanol–water partition coefficient (Wildman–Crippen LogP) is 4.14. The number of pyridine rings is 1. The van der Waals surface area contributed by atoms with Crippen molar-refractivity contribution in [1.29, 1.82) is 0 Å². The second kappa shape index (κ2) is 7.13. The summed E-state index contributed by atoms with van der Waals surface area (Å²) in [5.41, 5.74) is -0.642. The molecule has 0 aliphatic rings. The van der Waals surface area contributed by atoms with Crippen LogP contribution in [0.3, 0.4) is 0 Å². The third-order valence-corrected chi connectivity index (χ3v) is 2.94. The van der Waals surface area contributed by atoms with E-state index in [1.807, 2.05) is 6.92 Å². The lowest BCUT2D eigenvalue weighted by atomic mass is 10.1. The van der Waals surface area contributed by atoms with Crippen molar-refractivity contribution in [2.24, 2.45) is 0 Å². The molecule has 1 heterocycles. The Balaban J connectivity index is 2.31. The van der Waals surface area contributed by atoms with Crippen molar-refractivity contribution < 1.29 is 22.7 Å². The summed E-state index contributed by atoms with van der Waals surface area (Å²) in [4.78, 5) is 15.9. The van der Waals surface area contributed by atoms with Crippen LogP contribution in [0.4, 0.5) is 18.9 Å². The van der Waals surface area contributed by atoms with E-state index in [1.54, 1.807) is 6.07 Å². The summed E-state index contributed by atoms with van der Waals surface area (Å²) >= 11 is 0. The minimum absolute atomic E-state index is 0.0258. The van der Waals surface area contributed by atoms with E-state index in [4.69, 9.17) is 4.74 Å². The van der Waals surface area contributed by atoms with Gasteiger partial charge in [0.05, 0.1) is 23.4 Å². The molecule has 1 N–H and O–H groups in total. The molecule has 0 saturated heterocycles. The molecule has 0 radical (unpaired) electrons. The molecule has 0 fully saturated rings. The maximum absolute atomic E-state index is 12.8. The summed E-state index contributed by atoms with van der Waals surface area (Å²) in [6, 6.07) is 6.07. The van der Waals surface area contributed by atoms with Crippen LogP contribution in [0.1, 0.15) is 29.3 Å². The lowest BCUT2D eigenvalue weighted by molar-refractivity contribution is -0.137. The Bertz CT molecular complexity index is 673. The Morgan fingerprint density at radius 2 is 2.09 bits per heavy atom. The lowest BCUT2D eigenvalue weighted by Gasteiger charge is -2.15. The molecular weight excluding hydrogens is 309 g/mol. The number of carbonyl (C=O) groups excluding carboxylic acids is 1. The molecule has 1 aromatic carbocycles. The van der Waals surface area contributed by atoms with Crippen LogP contribution < -0.4 is 10.1 Å². The van der Waals surface area contributed by atoms with Crippen molar-refractivity contribution in [3.8, 4) is 5.75 Å². The van der Waals surface area contributed by atoms with Crippen molar-refractivity contribution in [2.45, 2.75) is 19.5 Å². The van der Waals surface area contributed by atoms with Gasteiger partial charge in [-0.25, -0.2) is 0 Å². The predicted molar refractivity (Wildman–Crippen MR) is 79.4 cm³/mol. The van der Waals surface area contributed by atoms with E-state index < -0.39 is 17.6 Å². The normalized spacial score (nSPS) is 11.1. The number of nitrogens with zero attached hydrogens (tertiary/aromatic N) is 1. The number of anilines is 1. The van der Waals surface area contributed by atoms with Gasteiger partial charge in [-0.05, 0) is 36.8 Å². The van der Waals surface area contributed by atoms with Gasteiger partial charge < -0.3 is 10.1 Å². The van der Waals surface area contributed by atoms with Crippen LogP contribution in [0.2, 0.25) is 0 Å². The van der Waals surface area contributed by atoms with Gasteiger partial charge >= 0.3 is 6.18 Å². The highest BCUT2D eigenvalue weighted by Gasteiger charge is 2.31. The summed E-state index contributed by atoms with van der Waals surface area (Å²) in [6.45, 7) is 2.21. The molecule has 1 aromatic heterocycles. The molecule has 0 aliphatic carbocycles. The van der Waals surface area contributed by atoms with E-state index in [-0.39, 0.29) is 17.0 Å². The maximum Gasteiger partial charge on any atom is 0.416 e. The minimum atomic E-state index is -4.50. The fraction of sp³-hybridized carbons (Fsp3) is 0.250. The average molecular weight is 324 g/mol. The Hall–Kier alpha value is -2.57. The van der Waals surface area contributed by atoms with E-state index in [1.165, 1.54) is 24.5 Å². The van der Waals surface area contributed by atoms with E-state index in [2.05, 4.69) is 10.3 Å². The zero-order valence-corrected chi connectivity index (χ0v) is 12.4. The Morgan fingerprint density at radius 3 is 2.70 bits per heavy atom. The fourth-order valence-electron chi connectivity index (χ4n) is 1.83. The molecule has 0 spiro atoms. The Labute approximate surface area is 131 Å². The molecule has 0 saturated carbocycles. The van der Waals surface area contributed by atoms with Crippen molar-refractivity contribution in [3.63, 3.8) is 0 Å². The quantitative estimate of drug-likeness (QED) is 0.899. The number of benzene rings is 1. The van der Waals surface area contributed by atoms with Crippen molar-refractivity contribution in [1.82, 2.24) is 4.98 Å². The monoisotopic (exact) mass is 324 g/mol. The summed E-state index contributed by atoms with van der Waals surface area (Å²) in [5, 5.41) is 2.44. The van der Waals surface area contributed by atoms with Gasteiger partial charge in [0.25, 0.3) is 5.91 Å². The lowest BCUT2D eigenvalue weighted by Crippen LogP contribution is -2.14. The number of amides is 1. The van der Waals surface area contributed by atoms with Crippen LogP contribution in [0.5, 0.6) is 5.75 Å². The van der Waals surface area contributed by atoms with Crippen LogP contribution in [0, 0.1) is 0 Å². The Morgan fingerprint density at radius 1 is 1.30 bits per heavy atom. The number of nitrogens with one attached hydrogen (secondary N) is 1. The Kier molecular flexibility index (Phi) is 5.20. The van der Waals surface area contributed by atoms with Crippen molar-refractivity contribution in [2.75, 3.05) is 11.9 Å². The average Bonchev–Trinajstić information content (AvgIpc) is 2.53. The van der Waals surface area contributed by atoms with Crippen LogP contribution in [0.15, 0.2) is 42.7 Å². The number of ether oxygens (including phenoxy) is 1. The first kappa shape index (κ1) is 16.8. The highest BCUT2D eigenvalue weighted by atomic mass is 19.4. The molecule has 0 atom stereocenters. The first-order valence-corrected chi connectivity index (χ1v) is 6.97. The van der Waals surface area contributed by atoms with Gasteiger partial charge in [0.2, 0.25) is 0 Å². The molecule has 2 aromatic rings. The number of aromatic nitrogens is 1. The molecule has 2 rings (SSSR count). The molecule has 4 nitrogen and oxygen atoms in total. The standard InChI is InChI=1S/C16H15F3N2O2/c1-2-8-23-14-6-5-12(16(17,18)19)9-13(14)21-15(22)11-4-3-7-20-10-11/h3-7,9-10H,2,8H2,1H3,(H,21,22). The molecular formula is C16H15F3N2O2. The highest BCUT2D eigenvalue weighted by molar-refractivity contribution is 6.04. The van der Waals surface area contributed by atoms with Gasteiger partial charge in [0, 0.05) is 12.4 Å². The maximum atomic E-state index is 12.8. The van der Waals surface area contributed by atoms with Gasteiger partial charge in [-0.15, -0.1) is 0 Å². The molecule has 0 bridgehead atoms. The smallest absolute Gasteiger partial charge is 0.416 e. The second-order valence-electron chi connectivity index (χ2n) is 4.75. The largest absolute Gasteiger partial charge is 0.491 e. The molecule has 7 heteroatoms. The molecule has 23 heavy (non-hydrogen) atoms. The van der Waals surface area contributed by atoms with Gasteiger partial charge in [-0.2, -0.15) is 13.2 Å². The van der Waals surface area contributed by atoms with E-state index in [0.717, 1.165) is 12.1 Å². The molecule has 1 amide bonds. The van der Waals surface area contributed by atoms with Gasteiger partial charge in [-0.1, -0.05) is 6.92 Å². The number of hydrogen-bond donors (Lipinski definition) is 1. The van der Waals surface area contributed by atoms with Crippen LogP contribution in [-0.2, 0) is 6.18 Å². The number of hydrogen-bond acceptors (Lipinski definition) is 3. The number of rotatable bonds is 5. The molecule has 0 aliphatic heterocycles. The SMILES string of the molecule is CCCOc1ccc(C(F)(F)F)cc1NC(=O)c1cccnc1. The third-order valence-electron chi connectivity index (χ3n) is 2.94. The van der Waals surface area contributed by atoms with Gasteiger partial charge in [0.15, 0.2) is 0 Å². The summed E-state index contributed by atoms with van der Waals surface area (Å²) in [6.07, 6.45) is -0.986.